The molecule has 0 bridgehead atoms. The van der Waals surface area contributed by atoms with Gasteiger partial charge >= 0.3 is 5.97 Å². The van der Waals surface area contributed by atoms with Gasteiger partial charge in [0.05, 0.1) is 11.9 Å². The zero-order valence-electron chi connectivity index (χ0n) is 14.5. The summed E-state index contributed by atoms with van der Waals surface area (Å²) in [5.74, 6) is -0.816. The number of aromatic nitrogens is 2. The van der Waals surface area contributed by atoms with Gasteiger partial charge in [-0.3, -0.25) is 9.78 Å². The molecule has 0 amide bonds. The Morgan fingerprint density at radius 2 is 1.96 bits per heavy atom. The molecule has 27 heavy (non-hydrogen) atoms. The van der Waals surface area contributed by atoms with Crippen molar-refractivity contribution in [1.29, 1.82) is 0 Å². The van der Waals surface area contributed by atoms with E-state index in [2.05, 4.69) is 10.3 Å². The van der Waals surface area contributed by atoms with E-state index in [0.29, 0.717) is 18.8 Å². The molecule has 3 aromatic rings. The number of aryl methyl sites for hydroxylation is 1. The average Bonchev–Trinajstić information content (AvgIpc) is 2.69. The number of benzene rings is 1. The SMILES string of the molecule is O=C(O)c1cn(CCCNc2cccnc2)cc(Oc2ccccc2)c1=O. The Morgan fingerprint density at radius 1 is 1.15 bits per heavy atom. The summed E-state index contributed by atoms with van der Waals surface area (Å²) in [5.41, 5.74) is -0.0449. The third-order valence-electron chi connectivity index (χ3n) is 3.83. The Labute approximate surface area is 155 Å². The van der Waals surface area contributed by atoms with Crippen LogP contribution in [0.15, 0.2) is 72.0 Å². The summed E-state index contributed by atoms with van der Waals surface area (Å²) < 4.78 is 7.26. The van der Waals surface area contributed by atoms with Crippen molar-refractivity contribution < 1.29 is 14.6 Å². The lowest BCUT2D eigenvalue weighted by Gasteiger charge is -2.12. The molecule has 2 heterocycles. The maximum Gasteiger partial charge on any atom is 0.341 e. The maximum absolute atomic E-state index is 12.3. The molecule has 138 valence electrons. The van der Waals surface area contributed by atoms with Gasteiger partial charge < -0.3 is 19.7 Å². The number of rotatable bonds is 8. The predicted molar refractivity (Wildman–Crippen MR) is 102 cm³/mol. The molecule has 1 aromatic carbocycles. The van der Waals surface area contributed by atoms with Crippen molar-refractivity contribution in [2.24, 2.45) is 0 Å². The predicted octanol–water partition coefficient (Wildman–Crippen LogP) is 3.24. The fourth-order valence-corrected chi connectivity index (χ4v) is 2.54. The molecule has 0 radical (unpaired) electrons. The van der Waals surface area contributed by atoms with Crippen LogP contribution in [0.1, 0.15) is 16.8 Å². The second-order valence-corrected chi connectivity index (χ2v) is 5.85. The van der Waals surface area contributed by atoms with E-state index in [1.54, 1.807) is 41.2 Å². The molecule has 0 spiro atoms. The Balaban J connectivity index is 1.72. The van der Waals surface area contributed by atoms with E-state index in [0.717, 1.165) is 12.1 Å². The quantitative estimate of drug-likeness (QED) is 0.595. The van der Waals surface area contributed by atoms with Gasteiger partial charge in [0.1, 0.15) is 11.3 Å². The fraction of sp³-hybridized carbons (Fsp3) is 0.150. The van der Waals surface area contributed by atoms with Crippen LogP contribution >= 0.6 is 0 Å². The number of carboxylic acids is 1. The van der Waals surface area contributed by atoms with E-state index in [1.807, 2.05) is 18.2 Å². The number of nitrogens with one attached hydrogen (secondary N) is 1. The highest BCUT2D eigenvalue weighted by molar-refractivity contribution is 5.87. The van der Waals surface area contributed by atoms with Crippen LogP contribution in [0, 0.1) is 0 Å². The molecular weight excluding hydrogens is 346 g/mol. The lowest BCUT2D eigenvalue weighted by molar-refractivity contribution is 0.0694. The first-order valence-corrected chi connectivity index (χ1v) is 8.47. The summed E-state index contributed by atoms with van der Waals surface area (Å²) in [7, 11) is 0. The number of hydrogen-bond acceptors (Lipinski definition) is 5. The molecule has 0 unspecified atom stereocenters. The highest BCUT2D eigenvalue weighted by Crippen LogP contribution is 2.18. The van der Waals surface area contributed by atoms with Gasteiger partial charge in [-0.05, 0) is 30.7 Å². The van der Waals surface area contributed by atoms with Gasteiger partial charge in [0.2, 0.25) is 5.43 Å². The first-order chi connectivity index (χ1) is 13.1. The normalized spacial score (nSPS) is 10.4. The van der Waals surface area contributed by atoms with Gasteiger partial charge in [-0.15, -0.1) is 0 Å². The highest BCUT2D eigenvalue weighted by atomic mass is 16.5. The van der Waals surface area contributed by atoms with Crippen molar-refractivity contribution in [3.8, 4) is 11.5 Å². The Hall–Kier alpha value is -3.61. The number of ether oxygens (including phenoxy) is 1. The van der Waals surface area contributed by atoms with Crippen molar-refractivity contribution >= 4 is 11.7 Å². The van der Waals surface area contributed by atoms with Gasteiger partial charge in [-0.2, -0.15) is 0 Å². The molecule has 0 aliphatic carbocycles. The number of carboxylic acid groups (broad SMARTS) is 1. The van der Waals surface area contributed by atoms with E-state index in [4.69, 9.17) is 4.74 Å². The minimum atomic E-state index is -1.28. The van der Waals surface area contributed by atoms with Crippen LogP contribution in [-0.2, 0) is 6.54 Å². The van der Waals surface area contributed by atoms with Gasteiger partial charge in [-0.1, -0.05) is 18.2 Å². The second-order valence-electron chi connectivity index (χ2n) is 5.85. The molecule has 3 rings (SSSR count). The van der Waals surface area contributed by atoms with E-state index in [-0.39, 0.29) is 11.3 Å². The van der Waals surface area contributed by atoms with Crippen molar-refractivity contribution in [2.45, 2.75) is 13.0 Å². The topological polar surface area (TPSA) is 93.5 Å². The smallest absolute Gasteiger partial charge is 0.341 e. The number of pyridine rings is 2. The number of para-hydroxylation sites is 1. The van der Waals surface area contributed by atoms with E-state index in [1.165, 1.54) is 12.4 Å². The molecule has 0 atom stereocenters. The van der Waals surface area contributed by atoms with Crippen LogP contribution in [0.3, 0.4) is 0 Å². The Kier molecular flexibility index (Phi) is 5.84. The molecule has 2 aromatic heterocycles. The Morgan fingerprint density at radius 3 is 2.67 bits per heavy atom. The molecule has 0 aliphatic heterocycles. The van der Waals surface area contributed by atoms with Crippen LogP contribution in [-0.4, -0.2) is 27.2 Å². The van der Waals surface area contributed by atoms with Crippen molar-refractivity contribution in [3.63, 3.8) is 0 Å². The standard InChI is InChI=1S/C20H19N3O4/c24-19-17(20(25)26)13-23(11-5-10-22-15-6-4-9-21-12-15)14-18(19)27-16-7-2-1-3-8-16/h1-4,6-9,12-14,22H,5,10-11H2,(H,25,26). The monoisotopic (exact) mass is 365 g/mol. The van der Waals surface area contributed by atoms with Gasteiger partial charge in [-0.25, -0.2) is 4.79 Å². The van der Waals surface area contributed by atoms with Crippen LogP contribution < -0.4 is 15.5 Å². The van der Waals surface area contributed by atoms with Crippen LogP contribution in [0.25, 0.3) is 0 Å². The van der Waals surface area contributed by atoms with Gasteiger partial charge in [0, 0.05) is 31.7 Å². The first-order valence-electron chi connectivity index (χ1n) is 8.47. The lowest BCUT2D eigenvalue weighted by atomic mass is 10.2. The Bertz CT molecular complexity index is 956. The number of anilines is 1. The molecular formula is C20H19N3O4. The summed E-state index contributed by atoms with van der Waals surface area (Å²) in [6, 6.07) is 12.5. The molecule has 0 aliphatic rings. The second kappa shape index (κ2) is 8.66. The fourth-order valence-electron chi connectivity index (χ4n) is 2.54. The first kappa shape index (κ1) is 18.2. The van der Waals surface area contributed by atoms with E-state index in [9.17, 15) is 14.7 Å². The number of nitrogens with zero attached hydrogens (tertiary/aromatic N) is 2. The molecule has 0 saturated carbocycles. The average molecular weight is 365 g/mol. The molecule has 7 nitrogen and oxygen atoms in total. The molecule has 0 fully saturated rings. The largest absolute Gasteiger partial charge is 0.477 e. The minimum absolute atomic E-state index is 0.0127. The summed E-state index contributed by atoms with van der Waals surface area (Å²) in [5, 5.41) is 12.5. The summed E-state index contributed by atoms with van der Waals surface area (Å²) in [4.78, 5) is 27.8. The van der Waals surface area contributed by atoms with Crippen LogP contribution in [0.2, 0.25) is 0 Å². The van der Waals surface area contributed by atoms with Gasteiger partial charge in [0.25, 0.3) is 0 Å². The number of hydrogen-bond donors (Lipinski definition) is 2. The van der Waals surface area contributed by atoms with Crippen molar-refractivity contribution in [1.82, 2.24) is 9.55 Å². The maximum atomic E-state index is 12.3. The van der Waals surface area contributed by atoms with Gasteiger partial charge in [0.15, 0.2) is 5.75 Å². The summed E-state index contributed by atoms with van der Waals surface area (Å²) in [6.45, 7) is 1.20. The zero-order valence-corrected chi connectivity index (χ0v) is 14.5. The third kappa shape index (κ3) is 4.94. The number of carbonyl (C=O) groups is 1. The van der Waals surface area contributed by atoms with Crippen LogP contribution in [0.5, 0.6) is 11.5 Å². The zero-order chi connectivity index (χ0) is 19.1. The number of aromatic carboxylic acids is 1. The summed E-state index contributed by atoms with van der Waals surface area (Å²) in [6.07, 6.45) is 7.03. The van der Waals surface area contributed by atoms with Crippen molar-refractivity contribution in [2.75, 3.05) is 11.9 Å². The van der Waals surface area contributed by atoms with Crippen LogP contribution in [0.4, 0.5) is 5.69 Å². The summed E-state index contributed by atoms with van der Waals surface area (Å²) >= 11 is 0. The highest BCUT2D eigenvalue weighted by Gasteiger charge is 2.15. The molecule has 2 N–H and O–H groups in total. The minimum Gasteiger partial charge on any atom is -0.477 e. The van der Waals surface area contributed by atoms with E-state index < -0.39 is 11.4 Å². The lowest BCUT2D eigenvalue weighted by Crippen LogP contribution is -2.19. The van der Waals surface area contributed by atoms with Crippen molar-refractivity contribution in [3.05, 3.63) is 83.0 Å². The molecule has 0 saturated heterocycles. The van der Waals surface area contributed by atoms with E-state index >= 15 is 0 Å². The molecule has 7 heteroatoms. The third-order valence-corrected chi connectivity index (χ3v) is 3.83.